The van der Waals surface area contributed by atoms with Crippen LogP contribution in [0.1, 0.15) is 0 Å². The first-order chi connectivity index (χ1) is 13.4. The molecule has 3 rings (SSSR count). The van der Waals surface area contributed by atoms with Crippen LogP contribution >= 0.6 is 23.2 Å². The zero-order valence-electron chi connectivity index (χ0n) is 14.5. The molecule has 28 heavy (non-hydrogen) atoms. The molecule has 0 aliphatic rings. The highest BCUT2D eigenvalue weighted by molar-refractivity contribution is 7.92. The number of rotatable bonds is 6. The maximum Gasteiger partial charge on any atom is 0.264 e. The fourth-order valence-corrected chi connectivity index (χ4v) is 4.28. The Morgan fingerprint density at radius 2 is 1.54 bits per heavy atom. The lowest BCUT2D eigenvalue weighted by molar-refractivity contribution is -0.114. The average Bonchev–Trinajstić information content (AvgIpc) is 2.67. The summed E-state index contributed by atoms with van der Waals surface area (Å²) in [5, 5.41) is 3.55. The normalized spacial score (nSPS) is 11.1. The van der Waals surface area contributed by atoms with Crippen LogP contribution in [0.15, 0.2) is 83.8 Å². The molecular formula is C20H16Cl2N2O3S. The standard InChI is InChI=1S/C20H16Cl2N2O3S/c21-15-9-11-19(12-10-15)28(26,27)24(18-7-2-1-3-8-18)14-20(25)23-17-6-4-5-16(22)13-17/h1-13H,14H2,(H,23,25). The smallest absolute Gasteiger partial charge is 0.264 e. The number of nitrogens with one attached hydrogen (secondary N) is 1. The quantitative estimate of drug-likeness (QED) is 0.603. The van der Waals surface area contributed by atoms with Crippen LogP contribution in [0.2, 0.25) is 10.0 Å². The minimum absolute atomic E-state index is 0.0382. The van der Waals surface area contributed by atoms with Gasteiger partial charge in [-0.25, -0.2) is 8.42 Å². The first-order valence-corrected chi connectivity index (χ1v) is 10.4. The number of hydrogen-bond acceptors (Lipinski definition) is 3. The maximum atomic E-state index is 13.2. The molecule has 0 fully saturated rings. The van der Waals surface area contributed by atoms with E-state index < -0.39 is 22.5 Å². The summed E-state index contributed by atoms with van der Waals surface area (Å²) >= 11 is 11.8. The monoisotopic (exact) mass is 434 g/mol. The topological polar surface area (TPSA) is 66.5 Å². The maximum absolute atomic E-state index is 13.2. The first-order valence-electron chi connectivity index (χ1n) is 8.25. The number of carbonyl (C=O) groups excluding carboxylic acids is 1. The largest absolute Gasteiger partial charge is 0.324 e. The van der Waals surface area contributed by atoms with Crippen LogP contribution in [0.5, 0.6) is 0 Å². The molecule has 0 aromatic heterocycles. The number of anilines is 2. The summed E-state index contributed by atoms with van der Waals surface area (Å²) in [7, 11) is -3.98. The molecule has 1 amide bonds. The summed E-state index contributed by atoms with van der Waals surface area (Å²) in [6.45, 7) is -0.401. The molecule has 0 aliphatic heterocycles. The van der Waals surface area contributed by atoms with Crippen molar-refractivity contribution in [3.63, 3.8) is 0 Å². The SMILES string of the molecule is O=C(CN(c1ccccc1)S(=O)(=O)c1ccc(Cl)cc1)Nc1cccc(Cl)c1. The Kier molecular flexibility index (Phi) is 6.24. The van der Waals surface area contributed by atoms with E-state index in [1.165, 1.54) is 24.3 Å². The van der Waals surface area contributed by atoms with Gasteiger partial charge in [-0.15, -0.1) is 0 Å². The third kappa shape index (κ3) is 4.84. The zero-order chi connectivity index (χ0) is 20.1. The van der Waals surface area contributed by atoms with Gasteiger partial charge < -0.3 is 5.32 Å². The third-order valence-electron chi connectivity index (χ3n) is 3.84. The van der Waals surface area contributed by atoms with E-state index >= 15 is 0 Å². The predicted octanol–water partition coefficient (Wildman–Crippen LogP) is 4.83. The number of benzene rings is 3. The fourth-order valence-electron chi connectivity index (χ4n) is 2.54. The molecule has 0 atom stereocenters. The van der Waals surface area contributed by atoms with Crippen molar-refractivity contribution >= 4 is 50.5 Å². The Balaban J connectivity index is 1.91. The van der Waals surface area contributed by atoms with Gasteiger partial charge in [0.05, 0.1) is 10.6 Å². The summed E-state index contributed by atoms with van der Waals surface area (Å²) in [5.41, 5.74) is 0.855. The van der Waals surface area contributed by atoms with Gasteiger partial charge in [-0.1, -0.05) is 47.5 Å². The lowest BCUT2D eigenvalue weighted by Gasteiger charge is -2.24. The average molecular weight is 435 g/mol. The van der Waals surface area contributed by atoms with Crippen molar-refractivity contribution in [3.8, 4) is 0 Å². The van der Waals surface area contributed by atoms with Gasteiger partial charge in [0.15, 0.2) is 0 Å². The molecule has 0 spiro atoms. The van der Waals surface area contributed by atoms with Crippen LogP contribution in [-0.4, -0.2) is 20.9 Å². The molecule has 0 unspecified atom stereocenters. The molecule has 0 saturated carbocycles. The first kappa shape index (κ1) is 20.2. The molecule has 0 radical (unpaired) electrons. The Bertz CT molecular complexity index is 1070. The van der Waals surface area contributed by atoms with E-state index in [0.717, 1.165) is 4.31 Å². The second-order valence-electron chi connectivity index (χ2n) is 5.86. The van der Waals surface area contributed by atoms with Gasteiger partial charge in [-0.05, 0) is 54.6 Å². The van der Waals surface area contributed by atoms with E-state index in [2.05, 4.69) is 5.32 Å². The second-order valence-corrected chi connectivity index (χ2v) is 8.59. The minimum Gasteiger partial charge on any atom is -0.324 e. The molecule has 0 bridgehead atoms. The van der Waals surface area contributed by atoms with Crippen molar-refractivity contribution in [3.05, 3.63) is 88.9 Å². The van der Waals surface area contributed by atoms with Crippen LogP contribution in [-0.2, 0) is 14.8 Å². The van der Waals surface area contributed by atoms with Gasteiger partial charge in [0.2, 0.25) is 5.91 Å². The van der Waals surface area contributed by atoms with Crippen molar-refractivity contribution in [2.75, 3.05) is 16.2 Å². The van der Waals surface area contributed by atoms with E-state index in [1.807, 2.05) is 0 Å². The summed E-state index contributed by atoms with van der Waals surface area (Å²) in [5.74, 6) is -0.497. The van der Waals surface area contributed by atoms with E-state index in [4.69, 9.17) is 23.2 Å². The van der Waals surface area contributed by atoms with Crippen LogP contribution < -0.4 is 9.62 Å². The predicted molar refractivity (Wildman–Crippen MR) is 113 cm³/mol. The molecule has 0 saturated heterocycles. The highest BCUT2D eigenvalue weighted by Gasteiger charge is 2.27. The number of para-hydroxylation sites is 1. The Morgan fingerprint density at radius 3 is 2.18 bits per heavy atom. The van der Waals surface area contributed by atoms with Gasteiger partial charge in [-0.3, -0.25) is 9.10 Å². The zero-order valence-corrected chi connectivity index (χ0v) is 16.9. The Morgan fingerprint density at radius 1 is 0.857 bits per heavy atom. The van der Waals surface area contributed by atoms with Gasteiger partial charge in [0.1, 0.15) is 6.54 Å². The van der Waals surface area contributed by atoms with Gasteiger partial charge in [0, 0.05) is 15.7 Å². The van der Waals surface area contributed by atoms with Crippen molar-refractivity contribution in [1.29, 1.82) is 0 Å². The number of carbonyl (C=O) groups is 1. The lowest BCUT2D eigenvalue weighted by atomic mass is 10.3. The number of amides is 1. The number of halogens is 2. The van der Waals surface area contributed by atoms with Crippen molar-refractivity contribution in [2.24, 2.45) is 0 Å². The van der Waals surface area contributed by atoms with Gasteiger partial charge >= 0.3 is 0 Å². The molecule has 0 heterocycles. The number of nitrogens with zero attached hydrogens (tertiary/aromatic N) is 1. The summed E-state index contributed by atoms with van der Waals surface area (Å²) in [4.78, 5) is 12.6. The Labute approximate surface area is 173 Å². The molecule has 144 valence electrons. The molecule has 1 N–H and O–H groups in total. The van der Waals surface area contributed by atoms with Crippen molar-refractivity contribution in [2.45, 2.75) is 4.90 Å². The molecule has 3 aromatic rings. The van der Waals surface area contributed by atoms with E-state index in [0.29, 0.717) is 21.4 Å². The van der Waals surface area contributed by atoms with Crippen LogP contribution in [0.3, 0.4) is 0 Å². The summed E-state index contributed by atoms with van der Waals surface area (Å²) in [6, 6.07) is 20.8. The van der Waals surface area contributed by atoms with E-state index in [9.17, 15) is 13.2 Å². The van der Waals surface area contributed by atoms with Crippen LogP contribution in [0.4, 0.5) is 11.4 Å². The number of sulfonamides is 1. The van der Waals surface area contributed by atoms with Crippen molar-refractivity contribution < 1.29 is 13.2 Å². The Hall–Kier alpha value is -2.54. The number of hydrogen-bond donors (Lipinski definition) is 1. The van der Waals surface area contributed by atoms with Gasteiger partial charge in [0.25, 0.3) is 10.0 Å². The fraction of sp³-hybridized carbons (Fsp3) is 0.0500. The molecule has 0 aliphatic carbocycles. The van der Waals surface area contributed by atoms with Crippen molar-refractivity contribution in [1.82, 2.24) is 0 Å². The summed E-state index contributed by atoms with van der Waals surface area (Å²) < 4.78 is 27.4. The lowest BCUT2D eigenvalue weighted by Crippen LogP contribution is -2.38. The van der Waals surface area contributed by atoms with Crippen LogP contribution in [0, 0.1) is 0 Å². The highest BCUT2D eigenvalue weighted by Crippen LogP contribution is 2.25. The highest BCUT2D eigenvalue weighted by atomic mass is 35.5. The van der Waals surface area contributed by atoms with Crippen LogP contribution in [0.25, 0.3) is 0 Å². The van der Waals surface area contributed by atoms with E-state index in [-0.39, 0.29) is 4.90 Å². The molecule has 5 nitrogen and oxygen atoms in total. The second kappa shape index (κ2) is 8.65. The third-order valence-corrected chi connectivity index (χ3v) is 6.12. The molecule has 8 heteroatoms. The summed E-state index contributed by atoms with van der Waals surface area (Å²) in [6.07, 6.45) is 0. The molecular weight excluding hydrogens is 419 g/mol. The minimum atomic E-state index is -3.98. The van der Waals surface area contributed by atoms with E-state index in [1.54, 1.807) is 54.6 Å². The van der Waals surface area contributed by atoms with Gasteiger partial charge in [-0.2, -0.15) is 0 Å². The molecule has 3 aromatic carbocycles.